The van der Waals surface area contributed by atoms with Crippen molar-refractivity contribution in [3.63, 3.8) is 0 Å². The monoisotopic (exact) mass is 452 g/mol. The fraction of sp³-hybridized carbons (Fsp3) is 0.520. The van der Waals surface area contributed by atoms with Gasteiger partial charge in [-0.25, -0.2) is 9.78 Å². The van der Waals surface area contributed by atoms with E-state index in [1.165, 1.54) is 26.3 Å². The SMILES string of the molecule is COC(=O)c1ncn2c1C(=O)N(Cc1cccc(C)c1)[C@@](C)(C(=O)NC1CCCCCC1)C2. The second kappa shape index (κ2) is 9.37. The van der Waals surface area contributed by atoms with Crippen LogP contribution in [0.25, 0.3) is 0 Å². The summed E-state index contributed by atoms with van der Waals surface area (Å²) in [5.41, 5.74) is 0.998. The fourth-order valence-electron chi connectivity index (χ4n) is 4.94. The summed E-state index contributed by atoms with van der Waals surface area (Å²) in [5.74, 6) is -1.24. The molecule has 176 valence electrons. The number of aromatic nitrogens is 2. The van der Waals surface area contributed by atoms with Gasteiger partial charge in [-0.1, -0.05) is 55.5 Å². The average molecular weight is 453 g/mol. The summed E-state index contributed by atoms with van der Waals surface area (Å²) in [4.78, 5) is 45.4. The number of ether oxygens (including phenoxy) is 1. The molecule has 1 aliphatic carbocycles. The Morgan fingerprint density at radius 1 is 1.21 bits per heavy atom. The van der Waals surface area contributed by atoms with E-state index in [4.69, 9.17) is 4.74 Å². The molecule has 1 atom stereocenters. The quantitative estimate of drug-likeness (QED) is 0.555. The van der Waals surface area contributed by atoms with Crippen LogP contribution in [-0.2, 0) is 22.6 Å². The predicted molar refractivity (Wildman–Crippen MR) is 123 cm³/mol. The molecule has 0 saturated heterocycles. The van der Waals surface area contributed by atoms with Gasteiger partial charge < -0.3 is 19.5 Å². The standard InChI is InChI=1S/C25H32N4O4/c1-17-9-8-10-18(13-17)14-29-22(30)21-20(23(31)33-3)26-16-28(21)15-25(29,2)24(32)27-19-11-6-4-5-7-12-19/h8-10,13,16,19H,4-7,11-12,14-15H2,1-3H3,(H,27,32)/t25-/m1/s1. The minimum Gasteiger partial charge on any atom is -0.464 e. The van der Waals surface area contributed by atoms with Gasteiger partial charge in [-0.2, -0.15) is 0 Å². The number of nitrogens with zero attached hydrogens (tertiary/aromatic N) is 3. The molecular weight excluding hydrogens is 420 g/mol. The Labute approximate surface area is 194 Å². The number of carbonyl (C=O) groups excluding carboxylic acids is 3. The molecule has 2 amide bonds. The van der Waals surface area contributed by atoms with Crippen LogP contribution in [-0.4, -0.2) is 50.9 Å². The maximum Gasteiger partial charge on any atom is 0.359 e. The Morgan fingerprint density at radius 3 is 2.61 bits per heavy atom. The first-order valence-electron chi connectivity index (χ1n) is 11.7. The molecule has 1 aliphatic heterocycles. The van der Waals surface area contributed by atoms with Crippen LogP contribution in [0.15, 0.2) is 30.6 Å². The van der Waals surface area contributed by atoms with Crippen molar-refractivity contribution in [2.45, 2.75) is 77.0 Å². The molecule has 1 aromatic heterocycles. The van der Waals surface area contributed by atoms with Gasteiger partial charge in [0.15, 0.2) is 5.69 Å². The largest absolute Gasteiger partial charge is 0.464 e. The summed E-state index contributed by atoms with van der Waals surface area (Å²) in [6.45, 7) is 4.25. The molecule has 1 N–H and O–H groups in total. The predicted octanol–water partition coefficient (Wildman–Crippen LogP) is 3.23. The highest BCUT2D eigenvalue weighted by Gasteiger charge is 2.49. The van der Waals surface area contributed by atoms with E-state index < -0.39 is 17.4 Å². The zero-order valence-electron chi connectivity index (χ0n) is 19.6. The molecule has 1 fully saturated rings. The summed E-state index contributed by atoms with van der Waals surface area (Å²) in [7, 11) is 1.26. The zero-order valence-corrected chi connectivity index (χ0v) is 19.6. The lowest BCUT2D eigenvalue weighted by Gasteiger charge is -2.44. The number of esters is 1. The number of benzene rings is 1. The van der Waals surface area contributed by atoms with E-state index in [-0.39, 0.29) is 36.4 Å². The Balaban J connectivity index is 1.70. The van der Waals surface area contributed by atoms with Crippen LogP contribution in [0.4, 0.5) is 0 Å². The number of rotatable bonds is 5. The molecule has 8 heteroatoms. The number of imidazole rings is 1. The molecule has 1 saturated carbocycles. The second-order valence-corrected chi connectivity index (χ2v) is 9.38. The van der Waals surface area contributed by atoms with E-state index in [1.807, 2.05) is 31.2 Å². The first-order valence-corrected chi connectivity index (χ1v) is 11.7. The number of methoxy groups -OCH3 is 1. The maximum atomic E-state index is 13.8. The van der Waals surface area contributed by atoms with Crippen molar-refractivity contribution in [2.24, 2.45) is 0 Å². The third-order valence-electron chi connectivity index (χ3n) is 6.84. The van der Waals surface area contributed by atoms with Crippen LogP contribution >= 0.6 is 0 Å². The van der Waals surface area contributed by atoms with Crippen molar-refractivity contribution in [3.8, 4) is 0 Å². The van der Waals surface area contributed by atoms with Gasteiger partial charge in [-0.05, 0) is 32.3 Å². The summed E-state index contributed by atoms with van der Waals surface area (Å²) in [6, 6.07) is 7.99. The van der Waals surface area contributed by atoms with Gasteiger partial charge in [0, 0.05) is 12.6 Å². The number of hydrogen-bond donors (Lipinski definition) is 1. The smallest absolute Gasteiger partial charge is 0.359 e. The van der Waals surface area contributed by atoms with E-state index in [1.54, 1.807) is 16.4 Å². The molecule has 0 spiro atoms. The summed E-state index contributed by atoms with van der Waals surface area (Å²) in [5, 5.41) is 3.23. The molecule has 1 aromatic carbocycles. The summed E-state index contributed by atoms with van der Waals surface area (Å²) >= 11 is 0. The highest BCUT2D eigenvalue weighted by atomic mass is 16.5. The molecule has 8 nitrogen and oxygen atoms in total. The first kappa shape index (κ1) is 23.0. The van der Waals surface area contributed by atoms with Crippen LogP contribution in [0.5, 0.6) is 0 Å². The highest BCUT2D eigenvalue weighted by Crippen LogP contribution is 2.31. The lowest BCUT2D eigenvalue weighted by molar-refractivity contribution is -0.134. The van der Waals surface area contributed by atoms with Crippen LogP contribution in [0.3, 0.4) is 0 Å². The van der Waals surface area contributed by atoms with Gasteiger partial charge >= 0.3 is 5.97 Å². The molecule has 2 aromatic rings. The number of fused-ring (bicyclic) bond motifs is 1. The normalized spacial score (nSPS) is 21.3. The first-order chi connectivity index (χ1) is 15.8. The van der Waals surface area contributed by atoms with Crippen molar-refractivity contribution >= 4 is 17.8 Å². The van der Waals surface area contributed by atoms with Crippen molar-refractivity contribution in [1.82, 2.24) is 19.8 Å². The topological polar surface area (TPSA) is 93.5 Å². The number of hydrogen-bond acceptors (Lipinski definition) is 5. The lowest BCUT2D eigenvalue weighted by atomic mass is 9.92. The number of aryl methyl sites for hydroxylation is 1. The van der Waals surface area contributed by atoms with Crippen molar-refractivity contribution < 1.29 is 19.1 Å². The molecule has 2 aliphatic rings. The van der Waals surface area contributed by atoms with E-state index in [0.29, 0.717) is 0 Å². The van der Waals surface area contributed by atoms with Crippen LogP contribution in [0.2, 0.25) is 0 Å². The van der Waals surface area contributed by atoms with Crippen molar-refractivity contribution in [1.29, 1.82) is 0 Å². The van der Waals surface area contributed by atoms with Gasteiger partial charge in [-0.3, -0.25) is 9.59 Å². The fourth-order valence-corrected chi connectivity index (χ4v) is 4.94. The van der Waals surface area contributed by atoms with E-state index in [2.05, 4.69) is 10.3 Å². The Hall–Kier alpha value is -3.16. The summed E-state index contributed by atoms with van der Waals surface area (Å²) < 4.78 is 6.43. The number of carbonyl (C=O) groups is 3. The molecule has 0 unspecified atom stereocenters. The van der Waals surface area contributed by atoms with Crippen LogP contribution in [0, 0.1) is 6.92 Å². The minimum absolute atomic E-state index is 0.0250. The van der Waals surface area contributed by atoms with Crippen molar-refractivity contribution in [3.05, 3.63) is 53.1 Å². The average Bonchev–Trinajstić information content (AvgIpc) is 3.04. The van der Waals surface area contributed by atoms with Crippen LogP contribution in [0.1, 0.15) is 77.6 Å². The van der Waals surface area contributed by atoms with Gasteiger partial charge in [0.25, 0.3) is 5.91 Å². The van der Waals surface area contributed by atoms with Gasteiger partial charge in [-0.15, -0.1) is 0 Å². The van der Waals surface area contributed by atoms with Gasteiger partial charge in [0.2, 0.25) is 5.91 Å². The lowest BCUT2D eigenvalue weighted by Crippen LogP contribution is -2.64. The third-order valence-corrected chi connectivity index (χ3v) is 6.84. The van der Waals surface area contributed by atoms with Gasteiger partial charge in [0.05, 0.1) is 20.0 Å². The van der Waals surface area contributed by atoms with E-state index >= 15 is 0 Å². The summed E-state index contributed by atoms with van der Waals surface area (Å²) in [6.07, 6.45) is 7.93. The van der Waals surface area contributed by atoms with Gasteiger partial charge in [0.1, 0.15) is 11.2 Å². The minimum atomic E-state index is -1.13. The number of amides is 2. The molecule has 33 heavy (non-hydrogen) atoms. The Kier molecular flexibility index (Phi) is 6.54. The van der Waals surface area contributed by atoms with Crippen LogP contribution < -0.4 is 5.32 Å². The number of nitrogens with one attached hydrogen (secondary N) is 1. The zero-order chi connectivity index (χ0) is 23.6. The van der Waals surface area contributed by atoms with Crippen molar-refractivity contribution in [2.75, 3.05) is 7.11 Å². The molecule has 0 bridgehead atoms. The Bertz CT molecular complexity index is 1050. The highest BCUT2D eigenvalue weighted by molar-refractivity contribution is 6.06. The molecule has 4 rings (SSSR count). The molecular formula is C25H32N4O4. The third kappa shape index (κ3) is 4.51. The van der Waals surface area contributed by atoms with E-state index in [0.717, 1.165) is 36.8 Å². The Morgan fingerprint density at radius 2 is 1.94 bits per heavy atom. The molecule has 0 radical (unpaired) electrons. The molecule has 2 heterocycles. The maximum absolute atomic E-state index is 13.8. The van der Waals surface area contributed by atoms with E-state index in [9.17, 15) is 14.4 Å². The second-order valence-electron chi connectivity index (χ2n) is 9.38.